The number of rotatable bonds is 4. The zero-order valence-electron chi connectivity index (χ0n) is 12.1. The van der Waals surface area contributed by atoms with Crippen LogP contribution in [-0.4, -0.2) is 19.3 Å². The third kappa shape index (κ3) is 3.02. The summed E-state index contributed by atoms with van der Waals surface area (Å²) in [5.41, 5.74) is 6.75. The predicted octanol–water partition coefficient (Wildman–Crippen LogP) is 2.04. The number of aryl methyl sites for hydroxylation is 1. The summed E-state index contributed by atoms with van der Waals surface area (Å²) in [6.45, 7) is 1.69. The molecule has 3 N–H and O–H groups in total. The number of nitrogens with one attached hydrogen (secondary N) is 1. The molecule has 0 atom stereocenters. The minimum Gasteiger partial charge on any atom is -0.441 e. The van der Waals surface area contributed by atoms with Crippen molar-refractivity contribution in [3.05, 3.63) is 53.9 Å². The highest BCUT2D eigenvalue weighted by atomic mass is 32.2. The Hall–Kier alpha value is -2.87. The first-order valence-corrected chi connectivity index (χ1v) is 8.13. The van der Waals surface area contributed by atoms with Gasteiger partial charge in [-0.25, -0.2) is 13.4 Å². The van der Waals surface area contributed by atoms with E-state index in [1.165, 1.54) is 36.4 Å². The number of aromatic nitrogens is 1. The standard InChI is InChI=1S/C15H13N3O4S/c1-9-17-13-7-6-12(8-14(13)22-9)23(20,21)18-11-4-2-10(3-5-11)15(16)19/h2-8,18H,1H3,(H2,16,19). The lowest BCUT2D eigenvalue weighted by molar-refractivity contribution is 0.100. The summed E-state index contributed by atoms with van der Waals surface area (Å²) < 4.78 is 32.6. The molecule has 8 heteroatoms. The maximum atomic E-state index is 12.4. The number of oxazole rings is 1. The summed E-state index contributed by atoms with van der Waals surface area (Å²) in [7, 11) is -3.78. The first-order valence-electron chi connectivity index (χ1n) is 6.65. The third-order valence-electron chi connectivity index (χ3n) is 3.20. The summed E-state index contributed by atoms with van der Waals surface area (Å²) >= 11 is 0. The topological polar surface area (TPSA) is 115 Å². The van der Waals surface area contributed by atoms with Crippen LogP contribution in [0.2, 0.25) is 0 Å². The molecule has 0 aliphatic rings. The van der Waals surface area contributed by atoms with Crippen LogP contribution in [0.15, 0.2) is 51.8 Å². The van der Waals surface area contributed by atoms with Crippen molar-refractivity contribution >= 4 is 32.7 Å². The van der Waals surface area contributed by atoms with Crippen LogP contribution in [0.5, 0.6) is 0 Å². The predicted molar refractivity (Wildman–Crippen MR) is 84.5 cm³/mol. The Balaban J connectivity index is 1.91. The Kier molecular flexibility index (Phi) is 3.53. The summed E-state index contributed by atoms with van der Waals surface area (Å²) in [6.07, 6.45) is 0. The highest BCUT2D eigenvalue weighted by Crippen LogP contribution is 2.22. The van der Waals surface area contributed by atoms with E-state index in [9.17, 15) is 13.2 Å². The van der Waals surface area contributed by atoms with Gasteiger partial charge in [-0.15, -0.1) is 0 Å². The van der Waals surface area contributed by atoms with Crippen molar-refractivity contribution in [1.29, 1.82) is 0 Å². The Bertz CT molecular complexity index is 991. The normalized spacial score (nSPS) is 11.5. The number of nitrogens with two attached hydrogens (primary N) is 1. The fourth-order valence-electron chi connectivity index (χ4n) is 2.10. The van der Waals surface area contributed by atoms with E-state index in [0.717, 1.165) is 0 Å². The van der Waals surface area contributed by atoms with Crippen LogP contribution >= 0.6 is 0 Å². The molecule has 0 aliphatic carbocycles. The van der Waals surface area contributed by atoms with Gasteiger partial charge in [0.05, 0.1) is 4.90 Å². The quantitative estimate of drug-likeness (QED) is 0.759. The molecule has 0 unspecified atom stereocenters. The Morgan fingerprint density at radius 2 is 1.87 bits per heavy atom. The van der Waals surface area contributed by atoms with Crippen molar-refractivity contribution in [2.24, 2.45) is 5.73 Å². The maximum Gasteiger partial charge on any atom is 0.262 e. The first-order chi connectivity index (χ1) is 10.8. The molecule has 0 saturated carbocycles. The van der Waals surface area contributed by atoms with Gasteiger partial charge in [0.2, 0.25) is 5.91 Å². The number of anilines is 1. The van der Waals surface area contributed by atoms with Gasteiger partial charge in [-0.1, -0.05) is 0 Å². The summed E-state index contributed by atoms with van der Waals surface area (Å²) in [4.78, 5) is 15.2. The van der Waals surface area contributed by atoms with Crippen molar-refractivity contribution in [1.82, 2.24) is 4.98 Å². The van der Waals surface area contributed by atoms with Gasteiger partial charge < -0.3 is 10.2 Å². The lowest BCUT2D eigenvalue weighted by Gasteiger charge is -2.08. The van der Waals surface area contributed by atoms with Gasteiger partial charge in [0.25, 0.3) is 10.0 Å². The molecule has 1 heterocycles. The van der Waals surface area contributed by atoms with Crippen LogP contribution in [0.4, 0.5) is 5.69 Å². The fraction of sp³-hybridized carbons (Fsp3) is 0.0667. The number of sulfonamides is 1. The molecule has 0 fully saturated rings. The van der Waals surface area contributed by atoms with Gasteiger partial charge in [-0.3, -0.25) is 9.52 Å². The number of fused-ring (bicyclic) bond motifs is 1. The molecule has 7 nitrogen and oxygen atoms in total. The molecule has 23 heavy (non-hydrogen) atoms. The average molecular weight is 331 g/mol. The molecule has 2 aromatic carbocycles. The highest BCUT2D eigenvalue weighted by Gasteiger charge is 2.16. The number of nitrogens with zero attached hydrogens (tertiary/aromatic N) is 1. The summed E-state index contributed by atoms with van der Waals surface area (Å²) in [5.74, 6) is -0.116. The third-order valence-corrected chi connectivity index (χ3v) is 4.58. The molecular weight excluding hydrogens is 318 g/mol. The van der Waals surface area contributed by atoms with E-state index in [4.69, 9.17) is 10.2 Å². The van der Waals surface area contributed by atoms with E-state index in [0.29, 0.717) is 28.2 Å². The number of primary amides is 1. The zero-order valence-corrected chi connectivity index (χ0v) is 12.9. The number of hydrogen-bond donors (Lipinski definition) is 2. The van der Waals surface area contributed by atoms with Gasteiger partial charge in [0.1, 0.15) is 5.52 Å². The average Bonchev–Trinajstić information content (AvgIpc) is 2.86. The van der Waals surface area contributed by atoms with Gasteiger partial charge in [0, 0.05) is 24.2 Å². The summed E-state index contributed by atoms with van der Waals surface area (Å²) in [5, 5.41) is 0. The van der Waals surface area contributed by atoms with E-state index in [1.54, 1.807) is 13.0 Å². The fourth-order valence-corrected chi connectivity index (χ4v) is 3.18. The Labute approximate surface area is 132 Å². The molecule has 1 aromatic heterocycles. The molecule has 0 bridgehead atoms. The van der Waals surface area contributed by atoms with Crippen molar-refractivity contribution in [3.8, 4) is 0 Å². The SMILES string of the molecule is Cc1nc2ccc(S(=O)(=O)Nc3ccc(C(N)=O)cc3)cc2o1. The molecule has 3 rings (SSSR count). The van der Waals surface area contributed by atoms with Gasteiger partial charge >= 0.3 is 0 Å². The molecule has 0 radical (unpaired) electrons. The molecular formula is C15H13N3O4S. The van der Waals surface area contributed by atoms with E-state index < -0.39 is 15.9 Å². The van der Waals surface area contributed by atoms with E-state index in [2.05, 4.69) is 9.71 Å². The smallest absolute Gasteiger partial charge is 0.262 e. The van der Waals surface area contributed by atoms with Crippen molar-refractivity contribution in [2.75, 3.05) is 4.72 Å². The molecule has 0 aliphatic heterocycles. The van der Waals surface area contributed by atoms with Gasteiger partial charge in [-0.05, 0) is 36.4 Å². The van der Waals surface area contributed by atoms with Crippen LogP contribution < -0.4 is 10.5 Å². The minimum absolute atomic E-state index is 0.0557. The van der Waals surface area contributed by atoms with Gasteiger partial charge in [0.15, 0.2) is 11.5 Å². The maximum absolute atomic E-state index is 12.4. The first kappa shape index (κ1) is 15.0. The number of carbonyl (C=O) groups excluding carboxylic acids is 1. The number of carbonyl (C=O) groups is 1. The monoisotopic (exact) mass is 331 g/mol. The van der Waals surface area contributed by atoms with E-state index in [-0.39, 0.29) is 4.90 Å². The molecule has 118 valence electrons. The van der Waals surface area contributed by atoms with Crippen LogP contribution in [0.25, 0.3) is 11.1 Å². The highest BCUT2D eigenvalue weighted by molar-refractivity contribution is 7.92. The second-order valence-corrected chi connectivity index (χ2v) is 6.59. The summed E-state index contributed by atoms with van der Waals surface area (Å²) in [6, 6.07) is 10.3. The number of hydrogen-bond acceptors (Lipinski definition) is 5. The molecule has 0 spiro atoms. The van der Waals surface area contributed by atoms with E-state index >= 15 is 0 Å². The second-order valence-electron chi connectivity index (χ2n) is 4.91. The van der Waals surface area contributed by atoms with Crippen molar-refractivity contribution in [2.45, 2.75) is 11.8 Å². The molecule has 1 amide bonds. The molecule has 0 saturated heterocycles. The van der Waals surface area contributed by atoms with Gasteiger partial charge in [-0.2, -0.15) is 0 Å². The van der Waals surface area contributed by atoms with Crippen LogP contribution in [-0.2, 0) is 10.0 Å². The van der Waals surface area contributed by atoms with Crippen molar-refractivity contribution in [3.63, 3.8) is 0 Å². The lowest BCUT2D eigenvalue weighted by atomic mass is 10.2. The number of amides is 1. The van der Waals surface area contributed by atoms with Crippen LogP contribution in [0.1, 0.15) is 16.2 Å². The Morgan fingerprint density at radius 3 is 2.52 bits per heavy atom. The van der Waals surface area contributed by atoms with Crippen LogP contribution in [0, 0.1) is 6.92 Å². The second kappa shape index (κ2) is 5.40. The van der Waals surface area contributed by atoms with Crippen LogP contribution in [0.3, 0.4) is 0 Å². The largest absolute Gasteiger partial charge is 0.441 e. The van der Waals surface area contributed by atoms with Crippen molar-refractivity contribution < 1.29 is 17.6 Å². The number of benzene rings is 2. The zero-order chi connectivity index (χ0) is 16.6. The minimum atomic E-state index is -3.78. The molecule has 3 aromatic rings. The lowest BCUT2D eigenvalue weighted by Crippen LogP contribution is -2.14. The Morgan fingerprint density at radius 1 is 1.17 bits per heavy atom. The van der Waals surface area contributed by atoms with E-state index in [1.807, 2.05) is 0 Å².